The quantitative estimate of drug-likeness (QED) is 0.399. The van der Waals surface area contributed by atoms with E-state index in [-0.39, 0.29) is 23.6 Å². The summed E-state index contributed by atoms with van der Waals surface area (Å²) in [5, 5.41) is 6.77. The molecule has 0 saturated heterocycles. The van der Waals surface area contributed by atoms with Crippen molar-refractivity contribution in [2.75, 3.05) is 5.32 Å². The van der Waals surface area contributed by atoms with Crippen LogP contribution in [0.15, 0.2) is 67.5 Å². The number of aromatic nitrogens is 6. The zero-order chi connectivity index (χ0) is 23.8. The molecule has 5 aromatic rings. The summed E-state index contributed by atoms with van der Waals surface area (Å²) in [5.41, 5.74) is 0.702. The Morgan fingerprint density at radius 1 is 1.09 bits per heavy atom. The number of furan rings is 1. The van der Waals surface area contributed by atoms with Crippen LogP contribution in [-0.4, -0.2) is 34.7 Å². The molecule has 0 unspecified atom stereocenters. The summed E-state index contributed by atoms with van der Waals surface area (Å²) in [6.07, 6.45) is 3.18. The van der Waals surface area contributed by atoms with Crippen molar-refractivity contribution in [2.45, 2.75) is 13.0 Å². The molecule has 0 saturated carbocycles. The Bertz CT molecular complexity index is 1620. The fraction of sp³-hybridized carbons (Fsp3) is 0.182. The summed E-state index contributed by atoms with van der Waals surface area (Å²) >= 11 is 0. The summed E-state index contributed by atoms with van der Waals surface area (Å²) in [5.74, 6) is 0.819. The molecule has 0 aliphatic rings. The Kier molecular flexibility index (Phi) is 5.17. The van der Waals surface area contributed by atoms with Crippen LogP contribution in [0.1, 0.15) is 11.5 Å². The Morgan fingerprint density at radius 3 is 2.71 bits per heavy atom. The van der Waals surface area contributed by atoms with Gasteiger partial charge < -0.3 is 18.8 Å². The van der Waals surface area contributed by atoms with Crippen LogP contribution < -0.4 is 16.6 Å². The Labute approximate surface area is 191 Å². The van der Waals surface area contributed by atoms with E-state index in [9.17, 15) is 14.4 Å². The Morgan fingerprint density at radius 2 is 1.91 bits per heavy atom. The second kappa shape index (κ2) is 8.31. The molecule has 1 N–H and O–H groups in total. The molecule has 1 aromatic carbocycles. The molecular formula is C22H19N7O5. The van der Waals surface area contributed by atoms with Crippen LogP contribution in [0, 0.1) is 0 Å². The van der Waals surface area contributed by atoms with Crippen LogP contribution in [0.2, 0.25) is 0 Å². The number of carbonyl (C=O) groups excluding carboxylic acids is 1. The Hall–Kier alpha value is -4.74. The van der Waals surface area contributed by atoms with E-state index in [1.807, 2.05) is 12.1 Å². The molecule has 1 amide bonds. The lowest BCUT2D eigenvalue weighted by Crippen LogP contribution is -2.37. The van der Waals surface area contributed by atoms with Gasteiger partial charge in [-0.05, 0) is 23.8 Å². The molecule has 0 fully saturated rings. The molecule has 0 bridgehead atoms. The first kappa shape index (κ1) is 21.1. The number of nitrogens with zero attached hydrogens (tertiary/aromatic N) is 6. The van der Waals surface area contributed by atoms with Crippen molar-refractivity contribution >= 4 is 22.8 Å². The van der Waals surface area contributed by atoms with Crippen LogP contribution in [0.25, 0.3) is 22.7 Å². The predicted molar refractivity (Wildman–Crippen MR) is 120 cm³/mol. The predicted octanol–water partition coefficient (Wildman–Crippen LogP) is 1.31. The lowest BCUT2D eigenvalue weighted by atomic mass is 10.1. The first-order valence-electron chi connectivity index (χ1n) is 10.3. The topological polar surface area (TPSA) is 143 Å². The van der Waals surface area contributed by atoms with Gasteiger partial charge in [-0.25, -0.2) is 9.78 Å². The van der Waals surface area contributed by atoms with Crippen molar-refractivity contribution in [1.82, 2.24) is 28.8 Å². The smallest absolute Gasteiger partial charge is 0.332 e. The molecule has 5 rings (SSSR count). The fourth-order valence-electron chi connectivity index (χ4n) is 3.65. The first-order chi connectivity index (χ1) is 16.4. The van der Waals surface area contributed by atoms with E-state index >= 15 is 0 Å². The number of fused-ring (bicyclic) bond motifs is 1. The lowest BCUT2D eigenvalue weighted by Gasteiger charge is -2.11. The maximum Gasteiger partial charge on any atom is 0.332 e. The second-order valence-electron chi connectivity index (χ2n) is 7.62. The van der Waals surface area contributed by atoms with Crippen molar-refractivity contribution in [1.29, 1.82) is 0 Å². The molecule has 0 aliphatic heterocycles. The largest absolute Gasteiger partial charge is 0.461 e. The van der Waals surface area contributed by atoms with Crippen molar-refractivity contribution in [3.63, 3.8) is 0 Å². The standard InChI is InChI=1S/C22H19N7O5/c1-27-20-18(21(31)28(2)22(27)32)29(12-23-20)11-16(30)24-14-7-4-3-6-13(14)10-17-25-19(26-34-17)15-8-5-9-33-15/h3-9,12H,10-11H2,1-2H3,(H,24,30). The van der Waals surface area contributed by atoms with Gasteiger partial charge in [-0.15, -0.1) is 0 Å². The molecule has 4 aromatic heterocycles. The monoisotopic (exact) mass is 461 g/mol. The summed E-state index contributed by atoms with van der Waals surface area (Å²) in [7, 11) is 2.90. The fourth-order valence-corrected chi connectivity index (χ4v) is 3.65. The second-order valence-corrected chi connectivity index (χ2v) is 7.62. The summed E-state index contributed by atoms with van der Waals surface area (Å²) in [4.78, 5) is 46.0. The zero-order valence-electron chi connectivity index (χ0n) is 18.3. The van der Waals surface area contributed by atoms with Gasteiger partial charge in [-0.2, -0.15) is 4.98 Å². The van der Waals surface area contributed by atoms with Crippen LogP contribution in [0.4, 0.5) is 5.69 Å². The third kappa shape index (κ3) is 3.70. The van der Waals surface area contributed by atoms with Crippen molar-refractivity contribution < 1.29 is 13.7 Å². The van der Waals surface area contributed by atoms with Crippen LogP contribution >= 0.6 is 0 Å². The highest BCUT2D eigenvalue weighted by Crippen LogP contribution is 2.21. The van der Waals surface area contributed by atoms with Gasteiger partial charge >= 0.3 is 5.69 Å². The van der Waals surface area contributed by atoms with E-state index in [2.05, 4.69) is 20.4 Å². The highest BCUT2D eigenvalue weighted by Gasteiger charge is 2.17. The highest BCUT2D eigenvalue weighted by molar-refractivity contribution is 5.92. The highest BCUT2D eigenvalue weighted by atomic mass is 16.5. The van der Waals surface area contributed by atoms with Gasteiger partial charge in [0.05, 0.1) is 19.0 Å². The maximum atomic E-state index is 12.8. The third-order valence-corrected chi connectivity index (χ3v) is 5.37. The summed E-state index contributed by atoms with van der Waals surface area (Å²) < 4.78 is 14.3. The van der Waals surface area contributed by atoms with Gasteiger partial charge in [0.1, 0.15) is 6.54 Å². The van der Waals surface area contributed by atoms with E-state index in [1.54, 1.807) is 24.3 Å². The maximum absolute atomic E-state index is 12.8. The van der Waals surface area contributed by atoms with Gasteiger partial charge in [-0.3, -0.25) is 18.7 Å². The van der Waals surface area contributed by atoms with Gasteiger partial charge in [-0.1, -0.05) is 23.4 Å². The van der Waals surface area contributed by atoms with Crippen LogP contribution in [0.3, 0.4) is 0 Å². The number of hydrogen-bond donors (Lipinski definition) is 1. The number of rotatable bonds is 6. The minimum absolute atomic E-state index is 0.165. The van der Waals surface area contributed by atoms with Crippen molar-refractivity contribution in [3.8, 4) is 11.6 Å². The molecular weight excluding hydrogens is 442 g/mol. The molecule has 0 spiro atoms. The van der Waals surface area contributed by atoms with Gasteiger partial charge in [0, 0.05) is 19.8 Å². The SMILES string of the molecule is Cn1c(=O)c2c(ncn2CC(=O)Nc2ccccc2Cc2nc(-c3ccco3)no2)n(C)c1=O. The summed E-state index contributed by atoms with van der Waals surface area (Å²) in [6.45, 7) is -0.165. The van der Waals surface area contributed by atoms with E-state index in [0.29, 0.717) is 29.6 Å². The molecule has 0 aliphatic carbocycles. The number of carbonyl (C=O) groups is 1. The minimum atomic E-state index is -0.521. The molecule has 12 heteroatoms. The Balaban J connectivity index is 1.37. The number of benzene rings is 1. The first-order valence-corrected chi connectivity index (χ1v) is 10.3. The van der Waals surface area contributed by atoms with E-state index in [4.69, 9.17) is 8.94 Å². The number of para-hydroxylation sites is 1. The van der Waals surface area contributed by atoms with E-state index in [1.165, 1.54) is 35.8 Å². The van der Waals surface area contributed by atoms with Gasteiger partial charge in [0.25, 0.3) is 5.56 Å². The summed E-state index contributed by atoms with van der Waals surface area (Å²) in [6, 6.07) is 10.7. The zero-order valence-corrected chi connectivity index (χ0v) is 18.3. The van der Waals surface area contributed by atoms with Crippen LogP contribution in [0.5, 0.6) is 0 Å². The van der Waals surface area contributed by atoms with Gasteiger partial charge in [0.2, 0.25) is 17.6 Å². The van der Waals surface area contributed by atoms with Crippen LogP contribution in [-0.2, 0) is 31.9 Å². The molecule has 0 atom stereocenters. The number of aryl methyl sites for hydroxylation is 1. The van der Waals surface area contributed by atoms with Crippen molar-refractivity contribution in [2.24, 2.45) is 14.1 Å². The van der Waals surface area contributed by atoms with Crippen molar-refractivity contribution in [3.05, 3.63) is 81.3 Å². The molecule has 0 radical (unpaired) electrons. The molecule has 4 heterocycles. The lowest BCUT2D eigenvalue weighted by molar-refractivity contribution is -0.116. The number of amides is 1. The number of nitrogens with one attached hydrogen (secondary N) is 1. The normalized spacial score (nSPS) is 11.2. The average molecular weight is 461 g/mol. The number of imidazole rings is 1. The van der Waals surface area contributed by atoms with E-state index in [0.717, 1.165) is 10.1 Å². The number of hydrogen-bond acceptors (Lipinski definition) is 8. The minimum Gasteiger partial charge on any atom is -0.461 e. The molecule has 12 nitrogen and oxygen atoms in total. The van der Waals surface area contributed by atoms with Gasteiger partial charge in [0.15, 0.2) is 16.9 Å². The van der Waals surface area contributed by atoms with E-state index < -0.39 is 11.2 Å². The number of anilines is 1. The molecule has 172 valence electrons. The average Bonchev–Trinajstić information content (AvgIpc) is 3.58. The third-order valence-electron chi connectivity index (χ3n) is 5.37. The molecule has 34 heavy (non-hydrogen) atoms.